The number of nitrogens with zero attached hydrogens (tertiary/aromatic N) is 4. The average molecular weight is 1160 g/mol. The second-order valence-corrected chi connectivity index (χ2v) is 25.3. The third kappa shape index (κ3) is 12.8. The first-order valence-corrected chi connectivity index (χ1v) is 30.8. The topological polar surface area (TPSA) is 256 Å². The normalized spacial score (nSPS) is 22.7. The molecule has 8 atom stereocenters. The molecule has 0 aliphatic carbocycles. The van der Waals surface area contributed by atoms with Gasteiger partial charge in [-0.25, -0.2) is 16.8 Å². The van der Waals surface area contributed by atoms with Crippen molar-refractivity contribution in [3.63, 3.8) is 0 Å². The fraction of sp³-hybridized carbons (Fsp3) is 0.400. The van der Waals surface area contributed by atoms with Crippen LogP contribution >= 0.6 is 0 Å². The van der Waals surface area contributed by atoms with Gasteiger partial charge in [-0.05, 0) is 100 Å². The first-order chi connectivity index (χ1) is 39.4. The minimum Gasteiger partial charge on any atom is -0.345 e. The molecule has 0 saturated carbocycles. The zero-order valence-corrected chi connectivity index (χ0v) is 48.0. The SMILES string of the molecule is CN[C@@H](C)C(=O)N[C@H]1CN(S(=O)(=O)c2cccc(S(=O)(=O)N3CC[C@H]4CC[C@@H](C(=O)NC(c5ccccc5)c5ccccc5)N4C(=O)[C@@H](NC(=O)[C@H](C)NC)C3)c2)CC[C@H]2[C@@H](C(=O)NC(c3ccccc3)c3ccccc3)CCN2C1=O. The van der Waals surface area contributed by atoms with Crippen molar-refractivity contribution in [2.45, 2.75) is 110 Å². The first kappa shape index (κ1) is 59.3. The van der Waals surface area contributed by atoms with E-state index in [1.54, 1.807) is 32.8 Å². The Kier molecular flexibility index (Phi) is 18.7. The van der Waals surface area contributed by atoms with Crippen molar-refractivity contribution in [2.24, 2.45) is 5.92 Å². The highest BCUT2D eigenvalue weighted by Crippen LogP contribution is 2.35. The van der Waals surface area contributed by atoms with E-state index in [0.717, 1.165) is 36.9 Å². The average Bonchev–Trinajstić information content (AvgIpc) is 4.03. The van der Waals surface area contributed by atoms with Crippen LogP contribution in [0.25, 0.3) is 0 Å². The summed E-state index contributed by atoms with van der Waals surface area (Å²) in [5.41, 5.74) is 3.34. The molecule has 22 heteroatoms. The number of sulfonamides is 2. The monoisotopic (exact) mass is 1160 g/mol. The third-order valence-electron chi connectivity index (χ3n) is 16.5. The fourth-order valence-electron chi connectivity index (χ4n) is 11.6. The molecule has 9 rings (SSSR count). The van der Waals surface area contributed by atoms with Gasteiger partial charge in [0.1, 0.15) is 18.1 Å². The van der Waals surface area contributed by atoms with E-state index in [2.05, 4.69) is 31.9 Å². The van der Waals surface area contributed by atoms with Crippen LogP contribution in [0.3, 0.4) is 0 Å². The summed E-state index contributed by atoms with van der Waals surface area (Å²) in [6, 6.07) is 34.8. The van der Waals surface area contributed by atoms with Gasteiger partial charge in [-0.3, -0.25) is 28.8 Å². The zero-order valence-electron chi connectivity index (χ0n) is 46.4. The zero-order chi connectivity index (χ0) is 58.3. The van der Waals surface area contributed by atoms with Crippen molar-refractivity contribution in [2.75, 3.05) is 46.8 Å². The molecule has 4 aliphatic heterocycles. The van der Waals surface area contributed by atoms with Crippen molar-refractivity contribution in [3.8, 4) is 0 Å². The Hall–Kier alpha value is -7.34. The molecule has 5 aromatic carbocycles. The number of carbonyl (C=O) groups excluding carboxylic acids is 6. The van der Waals surface area contributed by atoms with Gasteiger partial charge < -0.3 is 41.7 Å². The summed E-state index contributed by atoms with van der Waals surface area (Å²) in [5, 5.41) is 17.6. The minimum absolute atomic E-state index is 0.0401. The fourth-order valence-corrected chi connectivity index (χ4v) is 14.7. The first-order valence-electron chi connectivity index (χ1n) is 27.9. The molecule has 4 saturated heterocycles. The maximum Gasteiger partial charge on any atom is 0.247 e. The Morgan fingerprint density at radius 3 is 1.38 bits per heavy atom. The molecular weight excluding hydrogens is 1080 g/mol. The number of amides is 6. The van der Waals surface area contributed by atoms with E-state index in [9.17, 15) is 28.8 Å². The maximum absolute atomic E-state index is 15.1. The van der Waals surface area contributed by atoms with Gasteiger partial charge in [-0.1, -0.05) is 127 Å². The number of nitrogens with one attached hydrogen (secondary N) is 6. The second-order valence-electron chi connectivity index (χ2n) is 21.4. The molecule has 434 valence electrons. The van der Waals surface area contributed by atoms with Crippen LogP contribution in [-0.2, 0) is 48.8 Å². The highest BCUT2D eigenvalue weighted by atomic mass is 32.2. The van der Waals surface area contributed by atoms with E-state index in [0.29, 0.717) is 6.42 Å². The Morgan fingerprint density at radius 2 is 0.927 bits per heavy atom. The Labute approximate surface area is 479 Å². The molecule has 82 heavy (non-hydrogen) atoms. The number of benzene rings is 5. The number of likely N-dealkylation sites (N-methyl/N-ethyl adjacent to an activating group) is 2. The standard InChI is InChI=1S/C60H72N10O10S2/c1-39(61-3)55(71)63-49-37-68(34-32-51-48(31-35-69(51)59(49)75)57(73)65-53(41-18-9-5-10-19-41)42-20-11-6-12-21-42)82(79,80)47-27-17-26-46(36-47)81(77,78)67-33-30-45-28-29-52(70(45)60(76)50(38-67)64-56(72)40(2)62-4)58(74)66-54(43-22-13-7-14-23-43)44-24-15-8-16-25-44/h5-27,36,39-40,45,48-54,61-62H,28-35,37-38H2,1-4H3,(H,63,71)(H,64,72)(H,65,73)(H,66,74)/t39-,40-,45+,48-,49-,50-,51-,52-/m0/s1. The van der Waals surface area contributed by atoms with Gasteiger partial charge in [0, 0.05) is 44.8 Å². The van der Waals surface area contributed by atoms with Crippen LogP contribution in [0.4, 0.5) is 0 Å². The van der Waals surface area contributed by atoms with Crippen molar-refractivity contribution >= 4 is 55.5 Å². The molecule has 4 aliphatic rings. The summed E-state index contributed by atoms with van der Waals surface area (Å²) in [4.78, 5) is 88.0. The third-order valence-corrected chi connectivity index (χ3v) is 20.2. The highest BCUT2D eigenvalue weighted by Gasteiger charge is 2.49. The lowest BCUT2D eigenvalue weighted by atomic mass is 9.93. The number of rotatable bonds is 18. The van der Waals surface area contributed by atoms with Crippen LogP contribution in [0.2, 0.25) is 0 Å². The predicted octanol–water partition coefficient (Wildman–Crippen LogP) is 3.05. The molecule has 5 aromatic rings. The Morgan fingerprint density at radius 1 is 0.500 bits per heavy atom. The van der Waals surface area contributed by atoms with Gasteiger partial charge in [0.05, 0.1) is 39.9 Å². The molecule has 6 amide bonds. The van der Waals surface area contributed by atoms with Crippen molar-refractivity contribution in [3.05, 3.63) is 168 Å². The Balaban J connectivity index is 0.979. The molecule has 4 heterocycles. The molecule has 0 aromatic heterocycles. The molecule has 0 bridgehead atoms. The van der Waals surface area contributed by atoms with Crippen LogP contribution in [0, 0.1) is 5.92 Å². The van der Waals surface area contributed by atoms with Crippen LogP contribution < -0.4 is 31.9 Å². The molecule has 4 fully saturated rings. The van der Waals surface area contributed by atoms with Gasteiger partial charge in [-0.2, -0.15) is 8.61 Å². The number of carbonyl (C=O) groups is 6. The Bertz CT molecular complexity index is 3250. The summed E-state index contributed by atoms with van der Waals surface area (Å²) in [6.45, 7) is 1.96. The molecule has 6 N–H and O–H groups in total. The quantitative estimate of drug-likeness (QED) is 0.0741. The lowest BCUT2D eigenvalue weighted by Crippen LogP contribution is -2.62. The van der Waals surface area contributed by atoms with E-state index in [1.165, 1.54) is 23.1 Å². The van der Waals surface area contributed by atoms with E-state index in [-0.39, 0.29) is 51.2 Å². The van der Waals surface area contributed by atoms with Crippen molar-refractivity contribution in [1.29, 1.82) is 0 Å². The number of hydrogen-bond donors (Lipinski definition) is 6. The summed E-state index contributed by atoms with van der Waals surface area (Å²) < 4.78 is 62.4. The molecule has 0 radical (unpaired) electrons. The van der Waals surface area contributed by atoms with E-state index in [4.69, 9.17) is 0 Å². The van der Waals surface area contributed by atoms with Crippen molar-refractivity contribution in [1.82, 2.24) is 50.3 Å². The van der Waals surface area contributed by atoms with Gasteiger partial charge >= 0.3 is 0 Å². The molecule has 0 unspecified atom stereocenters. The van der Waals surface area contributed by atoms with Crippen LogP contribution in [0.1, 0.15) is 80.3 Å². The van der Waals surface area contributed by atoms with E-state index >= 15 is 16.8 Å². The van der Waals surface area contributed by atoms with Gasteiger partial charge in [-0.15, -0.1) is 0 Å². The largest absolute Gasteiger partial charge is 0.345 e. The molecular formula is C60H72N10O10S2. The summed E-state index contributed by atoms with van der Waals surface area (Å²) in [7, 11) is -6.18. The minimum atomic E-state index is -4.67. The summed E-state index contributed by atoms with van der Waals surface area (Å²) in [5.74, 6) is -3.85. The number of fused-ring (bicyclic) bond motifs is 2. The van der Waals surface area contributed by atoms with Gasteiger partial charge in [0.25, 0.3) is 0 Å². The smallest absolute Gasteiger partial charge is 0.247 e. The van der Waals surface area contributed by atoms with Gasteiger partial charge in [0.2, 0.25) is 55.5 Å². The molecule has 0 spiro atoms. The van der Waals surface area contributed by atoms with E-state index < -0.39 is 133 Å². The maximum atomic E-state index is 15.1. The van der Waals surface area contributed by atoms with Crippen molar-refractivity contribution < 1.29 is 45.6 Å². The highest BCUT2D eigenvalue weighted by molar-refractivity contribution is 7.90. The van der Waals surface area contributed by atoms with Crippen LogP contribution in [0.15, 0.2) is 155 Å². The predicted molar refractivity (Wildman–Crippen MR) is 307 cm³/mol. The lowest BCUT2D eigenvalue weighted by Gasteiger charge is -2.39. The second kappa shape index (κ2) is 25.8. The van der Waals surface area contributed by atoms with Crippen LogP contribution in [-0.4, -0.2) is 160 Å². The van der Waals surface area contributed by atoms with Crippen LogP contribution in [0.5, 0.6) is 0 Å². The lowest BCUT2D eigenvalue weighted by molar-refractivity contribution is -0.144. The van der Waals surface area contributed by atoms with Gasteiger partial charge in [0.15, 0.2) is 0 Å². The number of hydrogen-bond acceptors (Lipinski definition) is 12. The summed E-state index contributed by atoms with van der Waals surface area (Å²) in [6.07, 6.45) is 1.07. The summed E-state index contributed by atoms with van der Waals surface area (Å²) >= 11 is 0. The van der Waals surface area contributed by atoms with E-state index in [1.807, 2.05) is 121 Å². The molecule has 20 nitrogen and oxygen atoms in total.